The van der Waals surface area contributed by atoms with Crippen LogP contribution in [0, 0.1) is 12.4 Å². The van der Waals surface area contributed by atoms with E-state index in [4.69, 9.17) is 18.2 Å². The van der Waals surface area contributed by atoms with Crippen LogP contribution in [0.4, 0.5) is 15.9 Å². The van der Waals surface area contributed by atoms with Gasteiger partial charge < -0.3 is 14.3 Å². The topological polar surface area (TPSA) is 45.7 Å². The molecule has 4 rings (SSSR count). The van der Waals surface area contributed by atoms with Crippen LogP contribution in [0.2, 0.25) is 5.02 Å². The first-order valence-electron chi connectivity index (χ1n) is 11.1. The summed E-state index contributed by atoms with van der Waals surface area (Å²) in [5.74, 6) is 0.000856. The molecule has 3 atom stereocenters. The highest BCUT2D eigenvalue weighted by molar-refractivity contribution is 6.30. The third-order valence-corrected chi connectivity index (χ3v) is 6.98. The van der Waals surface area contributed by atoms with Gasteiger partial charge in [0, 0.05) is 54.9 Å². The average Bonchev–Trinajstić information content (AvgIpc) is 2.80. The second kappa shape index (κ2) is 9.12. The van der Waals surface area contributed by atoms with Gasteiger partial charge in [-0.2, -0.15) is 0 Å². The van der Waals surface area contributed by atoms with Gasteiger partial charge in [-0.3, -0.25) is 9.69 Å². The van der Waals surface area contributed by atoms with E-state index in [1.54, 1.807) is 41.9 Å². The van der Waals surface area contributed by atoms with Crippen LogP contribution >= 0.6 is 11.6 Å². The SMILES string of the molecule is [C-]#[N+]c1ccc2c(n1)c(N1C[C@@H](CC)N(C(C)c3ccc(Cl)cc3F)C[C@@H]1C)cc(=O)n2C. The first-order chi connectivity index (χ1) is 15.7. The Balaban J connectivity index is 1.73. The van der Waals surface area contributed by atoms with Crippen LogP contribution in [-0.2, 0) is 7.05 Å². The number of benzene rings is 1. The predicted octanol–water partition coefficient (Wildman–Crippen LogP) is 5.33. The Morgan fingerprint density at radius 3 is 2.70 bits per heavy atom. The van der Waals surface area contributed by atoms with E-state index in [1.165, 1.54) is 6.07 Å². The Kier molecular flexibility index (Phi) is 6.42. The predicted molar refractivity (Wildman–Crippen MR) is 131 cm³/mol. The minimum absolute atomic E-state index is 0.0549. The number of aryl methyl sites for hydroxylation is 1. The summed E-state index contributed by atoms with van der Waals surface area (Å²) in [5.41, 5.74) is 2.60. The zero-order valence-corrected chi connectivity index (χ0v) is 20.0. The van der Waals surface area contributed by atoms with E-state index in [1.807, 2.05) is 6.92 Å². The molecule has 0 bridgehead atoms. The van der Waals surface area contributed by atoms with Crippen LogP contribution in [-0.4, -0.2) is 39.6 Å². The average molecular weight is 468 g/mol. The van der Waals surface area contributed by atoms with Crippen LogP contribution in [0.15, 0.2) is 41.2 Å². The first kappa shape index (κ1) is 23.2. The molecule has 1 aliphatic heterocycles. The highest BCUT2D eigenvalue weighted by Gasteiger charge is 2.36. The molecule has 3 heterocycles. The van der Waals surface area contributed by atoms with Crippen molar-refractivity contribution in [2.75, 3.05) is 18.0 Å². The van der Waals surface area contributed by atoms with Crippen molar-refractivity contribution in [3.8, 4) is 0 Å². The number of aromatic nitrogens is 2. The zero-order valence-electron chi connectivity index (χ0n) is 19.2. The Hall–Kier alpha value is -2.95. The van der Waals surface area contributed by atoms with E-state index >= 15 is 0 Å². The maximum atomic E-state index is 14.7. The molecule has 0 spiro atoms. The van der Waals surface area contributed by atoms with Crippen LogP contribution in [0.1, 0.15) is 38.8 Å². The second-order valence-electron chi connectivity index (χ2n) is 8.68. The molecule has 33 heavy (non-hydrogen) atoms. The lowest BCUT2D eigenvalue weighted by atomic mass is 9.98. The molecule has 172 valence electrons. The van der Waals surface area contributed by atoms with Crippen molar-refractivity contribution in [2.24, 2.45) is 7.05 Å². The van der Waals surface area contributed by atoms with Crippen molar-refractivity contribution in [3.05, 3.63) is 74.6 Å². The van der Waals surface area contributed by atoms with Gasteiger partial charge in [0.2, 0.25) is 5.52 Å². The molecular weight excluding hydrogens is 441 g/mol. The number of nitrogens with zero attached hydrogens (tertiary/aromatic N) is 5. The minimum atomic E-state index is -0.298. The molecule has 1 aromatic carbocycles. The lowest BCUT2D eigenvalue weighted by Crippen LogP contribution is -2.58. The normalized spacial score (nSPS) is 20.1. The Bertz CT molecular complexity index is 1300. The maximum Gasteiger partial charge on any atom is 0.270 e. The molecule has 0 N–H and O–H groups in total. The highest BCUT2D eigenvalue weighted by atomic mass is 35.5. The van der Waals surface area contributed by atoms with Gasteiger partial charge in [-0.25, -0.2) is 4.39 Å². The Morgan fingerprint density at radius 1 is 1.27 bits per heavy atom. The summed E-state index contributed by atoms with van der Waals surface area (Å²) < 4.78 is 16.2. The van der Waals surface area contributed by atoms with Gasteiger partial charge in [-0.1, -0.05) is 31.2 Å². The number of hydrogen-bond acceptors (Lipinski definition) is 4. The minimum Gasteiger partial charge on any atom is -0.362 e. The fraction of sp³-hybridized carbons (Fsp3) is 0.400. The molecular formula is C25H27ClFN5O. The van der Waals surface area contributed by atoms with Crippen LogP contribution in [0.5, 0.6) is 0 Å². The second-order valence-corrected chi connectivity index (χ2v) is 9.11. The van der Waals surface area contributed by atoms with Crippen molar-refractivity contribution in [1.82, 2.24) is 14.5 Å². The van der Waals surface area contributed by atoms with Gasteiger partial charge in [-0.05, 0) is 44.5 Å². The van der Waals surface area contributed by atoms with Gasteiger partial charge in [0.1, 0.15) is 5.82 Å². The smallest absolute Gasteiger partial charge is 0.270 e. The summed E-state index contributed by atoms with van der Waals surface area (Å²) in [4.78, 5) is 25.3. The maximum absolute atomic E-state index is 14.7. The third-order valence-electron chi connectivity index (χ3n) is 6.74. The highest BCUT2D eigenvalue weighted by Crippen LogP contribution is 2.34. The van der Waals surface area contributed by atoms with Crippen molar-refractivity contribution >= 4 is 34.1 Å². The van der Waals surface area contributed by atoms with E-state index in [0.29, 0.717) is 40.5 Å². The van der Waals surface area contributed by atoms with Crippen LogP contribution in [0.3, 0.4) is 0 Å². The van der Waals surface area contributed by atoms with E-state index in [9.17, 15) is 9.18 Å². The number of hydrogen-bond donors (Lipinski definition) is 0. The molecule has 0 radical (unpaired) electrons. The summed E-state index contributed by atoms with van der Waals surface area (Å²) in [5, 5.41) is 0.387. The monoisotopic (exact) mass is 467 g/mol. The van der Waals surface area contributed by atoms with Gasteiger partial charge in [0.15, 0.2) is 0 Å². The largest absolute Gasteiger partial charge is 0.362 e. The van der Waals surface area contributed by atoms with Crippen LogP contribution in [0.25, 0.3) is 15.9 Å². The zero-order chi connectivity index (χ0) is 23.9. The van der Waals surface area contributed by atoms with E-state index in [0.717, 1.165) is 12.1 Å². The molecule has 1 aliphatic rings. The molecule has 0 aliphatic carbocycles. The lowest BCUT2D eigenvalue weighted by molar-refractivity contribution is 0.104. The van der Waals surface area contributed by atoms with Gasteiger partial charge in [-0.15, -0.1) is 4.98 Å². The summed E-state index contributed by atoms with van der Waals surface area (Å²) in [6, 6.07) is 9.96. The van der Waals surface area contributed by atoms with Crippen LogP contribution < -0.4 is 10.5 Å². The Morgan fingerprint density at radius 2 is 2.03 bits per heavy atom. The fourth-order valence-electron chi connectivity index (χ4n) is 4.84. The number of anilines is 1. The molecule has 8 heteroatoms. The Labute approximate surface area is 198 Å². The van der Waals surface area contributed by atoms with Gasteiger partial charge >= 0.3 is 0 Å². The first-order valence-corrected chi connectivity index (χ1v) is 11.5. The summed E-state index contributed by atoms with van der Waals surface area (Å²) in [7, 11) is 1.71. The number of fused-ring (bicyclic) bond motifs is 1. The summed E-state index contributed by atoms with van der Waals surface area (Å²) in [6.07, 6.45) is 0.867. The van der Waals surface area contributed by atoms with E-state index in [-0.39, 0.29) is 29.5 Å². The molecule has 0 amide bonds. The molecule has 1 unspecified atom stereocenters. The lowest BCUT2D eigenvalue weighted by Gasteiger charge is -2.48. The standard InChI is InChI=1S/C25H27ClFN5O/c1-6-18-14-31(15(2)13-32(18)16(3)19-8-7-17(26)11-20(19)27)22-12-24(33)30(5)21-9-10-23(28-4)29-25(21)22/h7-12,15-16,18H,6,13-14H2,1-3,5H3/t15-,16?,18+/m0/s1. The third kappa shape index (κ3) is 4.21. The van der Waals surface area contributed by atoms with Crippen molar-refractivity contribution in [3.63, 3.8) is 0 Å². The van der Waals surface area contributed by atoms with Gasteiger partial charge in [0.25, 0.3) is 11.4 Å². The molecule has 2 aromatic heterocycles. The quantitative estimate of drug-likeness (QED) is 0.487. The summed E-state index contributed by atoms with van der Waals surface area (Å²) in [6.45, 7) is 15.0. The number of rotatable bonds is 4. The fourth-order valence-corrected chi connectivity index (χ4v) is 5.00. The number of pyridine rings is 2. The molecule has 1 saturated heterocycles. The molecule has 6 nitrogen and oxygen atoms in total. The molecule has 0 saturated carbocycles. The molecule has 3 aromatic rings. The number of piperazine rings is 1. The van der Waals surface area contributed by atoms with Crippen molar-refractivity contribution in [1.29, 1.82) is 0 Å². The van der Waals surface area contributed by atoms with E-state index < -0.39 is 0 Å². The molecule has 1 fully saturated rings. The summed E-state index contributed by atoms with van der Waals surface area (Å²) >= 11 is 5.95. The van der Waals surface area contributed by atoms with Crippen molar-refractivity contribution in [2.45, 2.75) is 45.3 Å². The van der Waals surface area contributed by atoms with Crippen molar-refractivity contribution < 1.29 is 4.39 Å². The van der Waals surface area contributed by atoms with Gasteiger partial charge in [0.05, 0.1) is 11.2 Å². The number of halogens is 2. The van der Waals surface area contributed by atoms with E-state index in [2.05, 4.69) is 33.5 Å².